The zero-order chi connectivity index (χ0) is 15.9. The lowest BCUT2D eigenvalue weighted by Crippen LogP contribution is -2.46. The van der Waals surface area contributed by atoms with Gasteiger partial charge in [-0.1, -0.05) is 25.7 Å². The van der Waals surface area contributed by atoms with Gasteiger partial charge < -0.3 is 5.32 Å². The molecule has 0 aromatic heterocycles. The highest BCUT2D eigenvalue weighted by atomic mass is 16.2. The standard InChI is InChI=1S/C17H31N3O/c1-14(2)20(15(3)4)12-11-19-16(21)17(13-18)9-7-5-6-8-10-17/h14-15H,5-12H2,1-4H3,(H,19,21). The van der Waals surface area contributed by atoms with E-state index in [1.807, 2.05) is 0 Å². The van der Waals surface area contributed by atoms with Crippen LogP contribution < -0.4 is 5.32 Å². The lowest BCUT2D eigenvalue weighted by Gasteiger charge is -2.31. The number of amides is 1. The van der Waals surface area contributed by atoms with E-state index in [9.17, 15) is 10.1 Å². The van der Waals surface area contributed by atoms with Crippen LogP contribution in [-0.2, 0) is 4.79 Å². The van der Waals surface area contributed by atoms with E-state index in [4.69, 9.17) is 0 Å². The number of carbonyl (C=O) groups excluding carboxylic acids is 1. The molecule has 1 N–H and O–H groups in total. The molecule has 0 unspecified atom stereocenters. The van der Waals surface area contributed by atoms with Gasteiger partial charge in [-0.2, -0.15) is 5.26 Å². The molecule has 4 nitrogen and oxygen atoms in total. The summed E-state index contributed by atoms with van der Waals surface area (Å²) in [6.07, 6.45) is 5.70. The fourth-order valence-electron chi connectivity index (χ4n) is 3.30. The van der Waals surface area contributed by atoms with Gasteiger partial charge in [-0.05, 0) is 40.5 Å². The van der Waals surface area contributed by atoms with Gasteiger partial charge in [0.25, 0.3) is 0 Å². The fraction of sp³-hybridized carbons (Fsp3) is 0.882. The van der Waals surface area contributed by atoms with Crippen molar-refractivity contribution in [2.75, 3.05) is 13.1 Å². The molecule has 1 aliphatic carbocycles. The maximum absolute atomic E-state index is 12.5. The van der Waals surface area contributed by atoms with E-state index in [1.54, 1.807) is 0 Å². The predicted molar refractivity (Wildman–Crippen MR) is 85.7 cm³/mol. The second kappa shape index (κ2) is 8.38. The summed E-state index contributed by atoms with van der Waals surface area (Å²) in [4.78, 5) is 14.8. The Balaban J connectivity index is 2.53. The number of nitrogens with zero attached hydrogens (tertiary/aromatic N) is 2. The van der Waals surface area contributed by atoms with Gasteiger partial charge in [0.1, 0.15) is 5.41 Å². The Morgan fingerprint density at radius 1 is 1.14 bits per heavy atom. The smallest absolute Gasteiger partial charge is 0.240 e. The number of hydrogen-bond acceptors (Lipinski definition) is 3. The third-order valence-electron chi connectivity index (χ3n) is 4.59. The number of nitriles is 1. The predicted octanol–water partition coefficient (Wildman–Crippen LogP) is 3.09. The summed E-state index contributed by atoms with van der Waals surface area (Å²) < 4.78 is 0. The molecule has 0 heterocycles. The molecule has 21 heavy (non-hydrogen) atoms. The average molecular weight is 293 g/mol. The molecule has 1 aliphatic rings. The molecule has 4 heteroatoms. The van der Waals surface area contributed by atoms with E-state index in [0.29, 0.717) is 31.5 Å². The van der Waals surface area contributed by atoms with E-state index in [1.165, 1.54) is 0 Å². The molecule has 0 spiro atoms. The van der Waals surface area contributed by atoms with Crippen LogP contribution in [0.4, 0.5) is 0 Å². The maximum Gasteiger partial charge on any atom is 0.240 e. The Kier molecular flexibility index (Phi) is 7.17. The third-order valence-corrected chi connectivity index (χ3v) is 4.59. The van der Waals surface area contributed by atoms with Crippen LogP contribution in [0.2, 0.25) is 0 Å². The number of hydrogen-bond donors (Lipinski definition) is 1. The van der Waals surface area contributed by atoms with Crippen LogP contribution in [0.1, 0.15) is 66.2 Å². The molecule has 0 radical (unpaired) electrons. The van der Waals surface area contributed by atoms with Crippen molar-refractivity contribution in [3.63, 3.8) is 0 Å². The molecule has 1 fully saturated rings. The summed E-state index contributed by atoms with van der Waals surface area (Å²) >= 11 is 0. The van der Waals surface area contributed by atoms with Gasteiger partial charge >= 0.3 is 0 Å². The van der Waals surface area contributed by atoms with Crippen molar-refractivity contribution in [1.82, 2.24) is 10.2 Å². The average Bonchev–Trinajstić information content (AvgIpc) is 2.68. The second-order valence-electron chi connectivity index (χ2n) is 6.79. The lowest BCUT2D eigenvalue weighted by atomic mass is 9.81. The maximum atomic E-state index is 12.5. The quantitative estimate of drug-likeness (QED) is 0.766. The Bertz CT molecular complexity index is 355. The van der Waals surface area contributed by atoms with Crippen LogP contribution >= 0.6 is 0 Å². The highest BCUT2D eigenvalue weighted by Crippen LogP contribution is 2.34. The molecule has 0 aromatic rings. The normalized spacial score (nSPS) is 18.6. The number of carbonyl (C=O) groups is 1. The van der Waals surface area contributed by atoms with Crippen LogP contribution in [0.15, 0.2) is 0 Å². The zero-order valence-electron chi connectivity index (χ0n) is 14.1. The third kappa shape index (κ3) is 5.00. The lowest BCUT2D eigenvalue weighted by molar-refractivity contribution is -0.128. The topological polar surface area (TPSA) is 56.1 Å². The minimum Gasteiger partial charge on any atom is -0.353 e. The van der Waals surface area contributed by atoms with Crippen LogP contribution in [0.3, 0.4) is 0 Å². The van der Waals surface area contributed by atoms with Crippen LogP contribution in [0, 0.1) is 16.7 Å². The SMILES string of the molecule is CC(C)N(CCNC(=O)C1(C#N)CCCCCC1)C(C)C. The molecule has 0 aromatic carbocycles. The Morgan fingerprint density at radius 2 is 1.67 bits per heavy atom. The minimum atomic E-state index is -0.781. The first-order valence-electron chi connectivity index (χ1n) is 8.38. The molecule has 1 rings (SSSR count). The van der Waals surface area contributed by atoms with Gasteiger partial charge in [0, 0.05) is 25.2 Å². The van der Waals surface area contributed by atoms with E-state index >= 15 is 0 Å². The molecule has 1 amide bonds. The monoisotopic (exact) mass is 293 g/mol. The first kappa shape index (κ1) is 18.0. The zero-order valence-corrected chi connectivity index (χ0v) is 14.1. The molecule has 0 saturated heterocycles. The van der Waals surface area contributed by atoms with Crippen LogP contribution in [-0.4, -0.2) is 36.0 Å². The highest BCUT2D eigenvalue weighted by molar-refractivity contribution is 5.85. The van der Waals surface area contributed by atoms with Gasteiger partial charge in [0.05, 0.1) is 6.07 Å². The highest BCUT2D eigenvalue weighted by Gasteiger charge is 2.38. The van der Waals surface area contributed by atoms with E-state index in [2.05, 4.69) is 44.0 Å². The summed E-state index contributed by atoms with van der Waals surface area (Å²) in [5.74, 6) is -0.0561. The van der Waals surface area contributed by atoms with Gasteiger partial charge in [-0.25, -0.2) is 0 Å². The molecule has 0 atom stereocenters. The molecule has 0 bridgehead atoms. The molecular formula is C17H31N3O. The summed E-state index contributed by atoms with van der Waals surface area (Å²) in [6.45, 7) is 10.1. The molecular weight excluding hydrogens is 262 g/mol. The van der Waals surface area contributed by atoms with E-state index in [-0.39, 0.29) is 5.91 Å². The second-order valence-corrected chi connectivity index (χ2v) is 6.79. The van der Waals surface area contributed by atoms with Gasteiger partial charge in [0.2, 0.25) is 5.91 Å². The van der Waals surface area contributed by atoms with Crippen molar-refractivity contribution in [3.05, 3.63) is 0 Å². The van der Waals surface area contributed by atoms with Crippen LogP contribution in [0.5, 0.6) is 0 Å². The molecule has 0 aliphatic heterocycles. The van der Waals surface area contributed by atoms with Gasteiger partial charge in [-0.15, -0.1) is 0 Å². The largest absolute Gasteiger partial charge is 0.353 e. The number of nitrogens with one attached hydrogen (secondary N) is 1. The summed E-state index contributed by atoms with van der Waals surface area (Å²) in [5, 5.41) is 12.5. The van der Waals surface area contributed by atoms with Crippen molar-refractivity contribution in [2.45, 2.75) is 78.3 Å². The first-order chi connectivity index (χ1) is 9.93. The molecule has 1 saturated carbocycles. The van der Waals surface area contributed by atoms with Crippen molar-refractivity contribution >= 4 is 5.91 Å². The van der Waals surface area contributed by atoms with Crippen molar-refractivity contribution in [3.8, 4) is 6.07 Å². The van der Waals surface area contributed by atoms with Gasteiger partial charge in [-0.3, -0.25) is 9.69 Å². The summed E-state index contributed by atoms with van der Waals surface area (Å²) in [7, 11) is 0. The van der Waals surface area contributed by atoms with Crippen molar-refractivity contribution in [1.29, 1.82) is 5.26 Å². The van der Waals surface area contributed by atoms with E-state index < -0.39 is 5.41 Å². The summed E-state index contributed by atoms with van der Waals surface area (Å²) in [6, 6.07) is 3.24. The first-order valence-corrected chi connectivity index (χ1v) is 8.38. The Hall–Kier alpha value is -1.08. The van der Waals surface area contributed by atoms with E-state index in [0.717, 1.165) is 32.2 Å². The Morgan fingerprint density at radius 3 is 2.10 bits per heavy atom. The van der Waals surface area contributed by atoms with Gasteiger partial charge in [0.15, 0.2) is 0 Å². The summed E-state index contributed by atoms with van der Waals surface area (Å²) in [5.41, 5.74) is -0.781. The van der Waals surface area contributed by atoms with Crippen molar-refractivity contribution < 1.29 is 4.79 Å². The molecule has 120 valence electrons. The minimum absolute atomic E-state index is 0.0561. The van der Waals surface area contributed by atoms with Crippen LogP contribution in [0.25, 0.3) is 0 Å². The fourth-order valence-corrected chi connectivity index (χ4v) is 3.30. The Labute approximate surface area is 129 Å². The van der Waals surface area contributed by atoms with Crippen molar-refractivity contribution in [2.24, 2.45) is 5.41 Å². The number of rotatable bonds is 6.